The molecule has 2 aromatic carbocycles. The molecule has 2 aromatic rings. The lowest BCUT2D eigenvalue weighted by Gasteiger charge is -2.27. The molecule has 0 saturated carbocycles. The molecule has 0 unspecified atom stereocenters. The normalized spacial score (nSPS) is 17.5. The van der Waals surface area contributed by atoms with E-state index in [1.54, 1.807) is 36.4 Å². The van der Waals surface area contributed by atoms with E-state index < -0.39 is 10.0 Å². The Morgan fingerprint density at radius 3 is 2.56 bits per heavy atom. The lowest BCUT2D eigenvalue weighted by Crippen LogP contribution is -2.41. The minimum atomic E-state index is -3.74. The maximum Gasteiger partial charge on any atom is 0.244 e. The number of benzene rings is 2. The Morgan fingerprint density at radius 1 is 1.12 bits per heavy atom. The summed E-state index contributed by atoms with van der Waals surface area (Å²) in [5.41, 5.74) is 0.984. The van der Waals surface area contributed by atoms with Gasteiger partial charge in [0.05, 0.1) is 23.8 Å². The Bertz CT molecular complexity index is 1120. The van der Waals surface area contributed by atoms with E-state index in [0.717, 1.165) is 4.90 Å². The van der Waals surface area contributed by atoms with Gasteiger partial charge in [0.15, 0.2) is 0 Å². The lowest BCUT2D eigenvalue weighted by atomic mass is 10.2. The van der Waals surface area contributed by atoms with Crippen molar-refractivity contribution in [3.63, 3.8) is 0 Å². The summed E-state index contributed by atoms with van der Waals surface area (Å²) >= 11 is 7.34. The first-order valence-corrected chi connectivity index (χ1v) is 12.9. The van der Waals surface area contributed by atoms with Crippen LogP contribution >= 0.6 is 23.4 Å². The molecule has 0 aromatic heterocycles. The van der Waals surface area contributed by atoms with Crippen LogP contribution in [0.3, 0.4) is 0 Å². The highest BCUT2D eigenvalue weighted by atomic mass is 35.5. The van der Waals surface area contributed by atoms with Crippen LogP contribution in [0.1, 0.15) is 6.42 Å². The Balaban J connectivity index is 1.61. The van der Waals surface area contributed by atoms with E-state index in [4.69, 9.17) is 16.3 Å². The predicted molar refractivity (Wildman–Crippen MR) is 124 cm³/mol. The van der Waals surface area contributed by atoms with Gasteiger partial charge in [0.2, 0.25) is 21.8 Å². The predicted octanol–water partition coefficient (Wildman–Crippen LogP) is 2.83. The number of morpholine rings is 1. The van der Waals surface area contributed by atoms with Crippen molar-refractivity contribution in [1.82, 2.24) is 4.31 Å². The molecular formula is C21H22ClN3O5S2. The highest BCUT2D eigenvalue weighted by Crippen LogP contribution is 2.36. The Kier molecular flexibility index (Phi) is 7.06. The van der Waals surface area contributed by atoms with Gasteiger partial charge in [0.25, 0.3) is 0 Å². The van der Waals surface area contributed by atoms with Gasteiger partial charge in [0, 0.05) is 40.9 Å². The number of fused-ring (bicyclic) bond motifs is 1. The summed E-state index contributed by atoms with van der Waals surface area (Å²) in [4.78, 5) is 27.7. The van der Waals surface area contributed by atoms with Gasteiger partial charge < -0.3 is 15.0 Å². The number of amides is 2. The van der Waals surface area contributed by atoms with Gasteiger partial charge >= 0.3 is 0 Å². The zero-order valence-corrected chi connectivity index (χ0v) is 19.5. The molecule has 8 nitrogen and oxygen atoms in total. The second kappa shape index (κ2) is 9.80. The number of halogens is 1. The molecule has 1 N–H and O–H groups in total. The van der Waals surface area contributed by atoms with Crippen molar-refractivity contribution in [3.8, 4) is 0 Å². The number of nitrogens with one attached hydrogen (secondary N) is 1. The molecule has 2 amide bonds. The van der Waals surface area contributed by atoms with Crippen molar-refractivity contribution < 1.29 is 22.7 Å². The lowest BCUT2D eigenvalue weighted by molar-refractivity contribution is -0.121. The quantitative estimate of drug-likeness (QED) is 0.685. The van der Waals surface area contributed by atoms with Crippen LogP contribution in [-0.2, 0) is 24.3 Å². The Hall–Kier alpha value is -2.11. The fourth-order valence-electron chi connectivity index (χ4n) is 3.49. The summed E-state index contributed by atoms with van der Waals surface area (Å²) in [5.74, 6) is -0.0696. The third-order valence-corrected chi connectivity index (χ3v) is 8.34. The standard InChI is InChI=1S/C21H22ClN3O5S2/c22-15-1-3-16(4-2-15)23-20(26)14-25-18-13-17(5-6-19(18)31-12-7-21(25)27)32(28,29)24-8-10-30-11-9-24/h1-6,13H,7-12,14H2,(H,23,26). The fraction of sp³-hybridized carbons (Fsp3) is 0.333. The van der Waals surface area contributed by atoms with Crippen molar-refractivity contribution in [2.75, 3.05) is 48.8 Å². The first-order chi connectivity index (χ1) is 15.3. The topological polar surface area (TPSA) is 96.0 Å². The smallest absolute Gasteiger partial charge is 0.244 e. The molecule has 1 saturated heterocycles. The number of rotatable bonds is 5. The fourth-order valence-corrected chi connectivity index (χ4v) is 6.03. The van der Waals surface area contributed by atoms with E-state index in [1.807, 2.05) is 0 Å². The molecule has 0 spiro atoms. The minimum Gasteiger partial charge on any atom is -0.379 e. The maximum atomic E-state index is 13.1. The summed E-state index contributed by atoms with van der Waals surface area (Å²) in [6.07, 6.45) is 0.249. The molecule has 4 rings (SSSR count). The van der Waals surface area contributed by atoms with Crippen LogP contribution < -0.4 is 10.2 Å². The second-order valence-corrected chi connectivity index (χ2v) is 10.8. The Morgan fingerprint density at radius 2 is 1.84 bits per heavy atom. The number of thioether (sulfide) groups is 1. The monoisotopic (exact) mass is 495 g/mol. The molecule has 2 aliphatic heterocycles. The van der Waals surface area contributed by atoms with Gasteiger partial charge in [-0.1, -0.05) is 11.6 Å². The maximum absolute atomic E-state index is 13.1. The van der Waals surface area contributed by atoms with E-state index in [-0.39, 0.29) is 42.8 Å². The molecule has 170 valence electrons. The van der Waals surface area contributed by atoms with Crippen LogP contribution in [0.2, 0.25) is 5.02 Å². The molecular weight excluding hydrogens is 474 g/mol. The highest BCUT2D eigenvalue weighted by molar-refractivity contribution is 7.99. The largest absolute Gasteiger partial charge is 0.379 e. The molecule has 2 aliphatic rings. The summed E-state index contributed by atoms with van der Waals surface area (Å²) < 4.78 is 32.8. The van der Waals surface area contributed by atoms with Crippen LogP contribution in [-0.4, -0.2) is 63.1 Å². The van der Waals surface area contributed by atoms with E-state index in [0.29, 0.717) is 35.4 Å². The van der Waals surface area contributed by atoms with Crippen LogP contribution in [0.4, 0.5) is 11.4 Å². The summed E-state index contributed by atoms with van der Waals surface area (Å²) in [5, 5.41) is 3.29. The number of nitrogens with zero attached hydrogens (tertiary/aromatic N) is 2. The third kappa shape index (κ3) is 5.10. The Labute approximate surface area is 195 Å². The van der Waals surface area contributed by atoms with E-state index >= 15 is 0 Å². The van der Waals surface area contributed by atoms with E-state index in [1.165, 1.54) is 27.0 Å². The average molecular weight is 496 g/mol. The van der Waals surface area contributed by atoms with Crippen LogP contribution in [0, 0.1) is 0 Å². The molecule has 0 aliphatic carbocycles. The molecule has 0 radical (unpaired) electrons. The molecule has 11 heteroatoms. The summed E-state index contributed by atoms with van der Waals surface area (Å²) in [7, 11) is -3.74. The minimum absolute atomic E-state index is 0.0940. The van der Waals surface area contributed by atoms with Gasteiger partial charge in [-0.3, -0.25) is 9.59 Å². The van der Waals surface area contributed by atoms with E-state index in [2.05, 4.69) is 5.32 Å². The number of carbonyl (C=O) groups excluding carboxylic acids is 2. The SMILES string of the molecule is O=C(CN1C(=O)CCSc2ccc(S(=O)(=O)N3CCOCC3)cc21)Nc1ccc(Cl)cc1. The molecule has 32 heavy (non-hydrogen) atoms. The van der Waals surface area contributed by atoms with Gasteiger partial charge in [-0.15, -0.1) is 11.8 Å². The van der Waals surface area contributed by atoms with Crippen molar-refractivity contribution in [2.45, 2.75) is 16.2 Å². The van der Waals surface area contributed by atoms with Gasteiger partial charge in [-0.05, 0) is 42.5 Å². The molecule has 0 bridgehead atoms. The van der Waals surface area contributed by atoms with Crippen LogP contribution in [0.15, 0.2) is 52.3 Å². The number of hydrogen-bond donors (Lipinski definition) is 1. The molecule has 1 fully saturated rings. The van der Waals surface area contributed by atoms with Crippen molar-refractivity contribution in [1.29, 1.82) is 0 Å². The number of ether oxygens (including phenoxy) is 1. The molecule has 0 atom stereocenters. The number of hydrogen-bond acceptors (Lipinski definition) is 6. The number of anilines is 2. The zero-order valence-electron chi connectivity index (χ0n) is 17.1. The number of carbonyl (C=O) groups is 2. The summed E-state index contributed by atoms with van der Waals surface area (Å²) in [6.45, 7) is 1.02. The average Bonchev–Trinajstić information content (AvgIpc) is 2.94. The third-order valence-electron chi connectivity index (χ3n) is 5.13. The van der Waals surface area contributed by atoms with E-state index in [9.17, 15) is 18.0 Å². The zero-order chi connectivity index (χ0) is 22.7. The van der Waals surface area contributed by atoms with Gasteiger partial charge in [-0.2, -0.15) is 4.31 Å². The van der Waals surface area contributed by atoms with Gasteiger partial charge in [-0.25, -0.2) is 8.42 Å². The van der Waals surface area contributed by atoms with Crippen molar-refractivity contribution in [2.24, 2.45) is 0 Å². The first-order valence-electron chi connectivity index (χ1n) is 10.0. The number of sulfonamides is 1. The summed E-state index contributed by atoms with van der Waals surface area (Å²) in [6, 6.07) is 11.4. The van der Waals surface area contributed by atoms with Crippen molar-refractivity contribution >= 4 is 56.6 Å². The molecule has 2 heterocycles. The van der Waals surface area contributed by atoms with Crippen LogP contribution in [0.25, 0.3) is 0 Å². The van der Waals surface area contributed by atoms with Crippen LogP contribution in [0.5, 0.6) is 0 Å². The van der Waals surface area contributed by atoms with Crippen molar-refractivity contribution in [3.05, 3.63) is 47.5 Å². The van der Waals surface area contributed by atoms with Gasteiger partial charge in [0.1, 0.15) is 6.54 Å². The highest BCUT2D eigenvalue weighted by Gasteiger charge is 2.30. The first kappa shape index (κ1) is 23.1. The second-order valence-electron chi connectivity index (χ2n) is 7.28.